The lowest BCUT2D eigenvalue weighted by atomic mass is 10.2. The third-order valence-corrected chi connectivity index (χ3v) is 3.52. The van der Waals surface area contributed by atoms with Gasteiger partial charge in [0.2, 0.25) is 0 Å². The number of hydrogen-bond acceptors (Lipinski definition) is 7. The third kappa shape index (κ3) is 6.35. The Bertz CT molecular complexity index is 909. The van der Waals surface area contributed by atoms with Crippen LogP contribution >= 0.6 is 0 Å². The number of hydrogen-bond donors (Lipinski definition) is 3. The lowest BCUT2D eigenvalue weighted by Gasteiger charge is -2.06. The third-order valence-electron chi connectivity index (χ3n) is 3.52. The largest absolute Gasteiger partial charge is 0.504 e. The molecule has 29 heavy (non-hydrogen) atoms. The van der Waals surface area contributed by atoms with Crippen molar-refractivity contribution in [1.82, 2.24) is 5.43 Å². The quantitative estimate of drug-likeness (QED) is 0.283. The summed E-state index contributed by atoms with van der Waals surface area (Å²) in [4.78, 5) is 35.4. The SMILES string of the molecule is CCOC(=O)c1ccc(NC(=O)C(=O)N/N=C\c2ccc(O)c(OCC)c2)cc1. The van der Waals surface area contributed by atoms with Crippen LogP contribution in [0, 0.1) is 0 Å². The van der Waals surface area contributed by atoms with Crippen molar-refractivity contribution < 1.29 is 29.0 Å². The summed E-state index contributed by atoms with van der Waals surface area (Å²) in [5.41, 5.74) is 3.33. The number of anilines is 1. The smallest absolute Gasteiger partial charge is 0.338 e. The van der Waals surface area contributed by atoms with Gasteiger partial charge in [0.1, 0.15) is 0 Å². The zero-order chi connectivity index (χ0) is 21.2. The van der Waals surface area contributed by atoms with E-state index in [-0.39, 0.29) is 18.1 Å². The van der Waals surface area contributed by atoms with E-state index in [0.717, 1.165) is 0 Å². The normalized spacial score (nSPS) is 10.4. The van der Waals surface area contributed by atoms with Gasteiger partial charge in [-0.3, -0.25) is 9.59 Å². The summed E-state index contributed by atoms with van der Waals surface area (Å²) < 4.78 is 10.1. The Kier molecular flexibility index (Phi) is 7.72. The first-order chi connectivity index (χ1) is 13.9. The van der Waals surface area contributed by atoms with Crippen molar-refractivity contribution in [2.45, 2.75) is 13.8 Å². The van der Waals surface area contributed by atoms with Crippen molar-refractivity contribution in [3.05, 3.63) is 53.6 Å². The molecule has 0 aliphatic heterocycles. The number of esters is 1. The van der Waals surface area contributed by atoms with Crippen LogP contribution in [0.1, 0.15) is 29.8 Å². The summed E-state index contributed by atoms with van der Waals surface area (Å²) in [7, 11) is 0. The topological polar surface area (TPSA) is 126 Å². The van der Waals surface area contributed by atoms with Crippen molar-refractivity contribution in [1.29, 1.82) is 0 Å². The number of rotatable bonds is 7. The maximum absolute atomic E-state index is 11.9. The fourth-order valence-corrected chi connectivity index (χ4v) is 2.19. The van der Waals surface area contributed by atoms with Crippen molar-refractivity contribution in [3.63, 3.8) is 0 Å². The second-order valence-electron chi connectivity index (χ2n) is 5.61. The number of hydrazone groups is 1. The molecule has 0 aromatic heterocycles. The maximum atomic E-state index is 11.9. The van der Waals surface area contributed by atoms with Crippen LogP contribution in [-0.4, -0.2) is 42.3 Å². The zero-order valence-corrected chi connectivity index (χ0v) is 16.0. The van der Waals surface area contributed by atoms with E-state index in [1.807, 2.05) is 0 Å². The molecule has 2 amide bonds. The van der Waals surface area contributed by atoms with Crippen molar-refractivity contribution >= 4 is 29.7 Å². The van der Waals surface area contributed by atoms with E-state index < -0.39 is 17.8 Å². The molecule has 0 aliphatic carbocycles. The van der Waals surface area contributed by atoms with Crippen LogP contribution in [0.5, 0.6) is 11.5 Å². The van der Waals surface area contributed by atoms with Gasteiger partial charge in [0.05, 0.1) is 25.0 Å². The number of carbonyl (C=O) groups is 3. The molecule has 9 nitrogen and oxygen atoms in total. The molecular weight excluding hydrogens is 378 g/mol. The van der Waals surface area contributed by atoms with Crippen molar-refractivity contribution in [3.8, 4) is 11.5 Å². The summed E-state index contributed by atoms with van der Waals surface area (Å²) >= 11 is 0. The molecule has 2 aromatic carbocycles. The number of aromatic hydroxyl groups is 1. The molecule has 0 radical (unpaired) electrons. The maximum Gasteiger partial charge on any atom is 0.338 e. The Labute approximate surface area is 167 Å². The molecule has 0 spiro atoms. The molecule has 0 bridgehead atoms. The van der Waals surface area contributed by atoms with E-state index in [9.17, 15) is 19.5 Å². The molecule has 9 heteroatoms. The van der Waals surface area contributed by atoms with Gasteiger partial charge in [0, 0.05) is 5.69 Å². The molecule has 0 aliphatic rings. The van der Waals surface area contributed by atoms with Gasteiger partial charge in [-0.25, -0.2) is 10.2 Å². The van der Waals surface area contributed by atoms with E-state index >= 15 is 0 Å². The second-order valence-corrected chi connectivity index (χ2v) is 5.61. The van der Waals surface area contributed by atoms with E-state index in [4.69, 9.17) is 9.47 Å². The monoisotopic (exact) mass is 399 g/mol. The molecular formula is C20H21N3O6. The molecule has 152 valence electrons. The predicted molar refractivity (Wildman–Crippen MR) is 106 cm³/mol. The molecule has 2 rings (SSSR count). The molecule has 0 atom stereocenters. The average Bonchev–Trinajstić information content (AvgIpc) is 2.71. The number of phenols is 1. The summed E-state index contributed by atoms with van der Waals surface area (Å²) in [6.45, 7) is 4.12. The molecule has 2 aromatic rings. The average molecular weight is 399 g/mol. The first-order valence-electron chi connectivity index (χ1n) is 8.82. The van der Waals surface area contributed by atoms with Crippen LogP contribution < -0.4 is 15.5 Å². The number of phenolic OH excluding ortho intramolecular Hbond substituents is 1. The van der Waals surface area contributed by atoms with Gasteiger partial charge in [0.25, 0.3) is 0 Å². The molecule has 0 saturated heterocycles. The van der Waals surface area contributed by atoms with Crippen molar-refractivity contribution in [2.75, 3.05) is 18.5 Å². The Morgan fingerprint density at radius 2 is 1.76 bits per heavy atom. The van der Waals surface area contributed by atoms with E-state index in [0.29, 0.717) is 23.4 Å². The minimum absolute atomic E-state index is 0.0126. The Morgan fingerprint density at radius 3 is 2.41 bits per heavy atom. The summed E-state index contributed by atoms with van der Waals surface area (Å²) in [5.74, 6) is -2.10. The Balaban J connectivity index is 1.90. The zero-order valence-electron chi connectivity index (χ0n) is 16.0. The molecule has 0 heterocycles. The van der Waals surface area contributed by atoms with Crippen LogP contribution in [0.15, 0.2) is 47.6 Å². The van der Waals surface area contributed by atoms with Gasteiger partial charge in [0.15, 0.2) is 11.5 Å². The number of carbonyl (C=O) groups excluding carboxylic acids is 3. The van der Waals surface area contributed by atoms with E-state index in [1.54, 1.807) is 26.0 Å². The van der Waals surface area contributed by atoms with Gasteiger partial charge in [-0.05, 0) is 61.9 Å². The number of ether oxygens (including phenoxy) is 2. The van der Waals surface area contributed by atoms with Crippen LogP contribution in [0.3, 0.4) is 0 Å². The number of nitrogens with zero attached hydrogens (tertiary/aromatic N) is 1. The van der Waals surface area contributed by atoms with Gasteiger partial charge >= 0.3 is 17.8 Å². The Hall–Kier alpha value is -3.88. The van der Waals surface area contributed by atoms with Crippen LogP contribution in [-0.2, 0) is 14.3 Å². The minimum Gasteiger partial charge on any atom is -0.504 e. The minimum atomic E-state index is -0.973. The summed E-state index contributed by atoms with van der Waals surface area (Å²) in [6.07, 6.45) is 1.31. The van der Waals surface area contributed by atoms with Gasteiger partial charge < -0.3 is 19.9 Å². The fraction of sp³-hybridized carbons (Fsp3) is 0.200. The highest BCUT2D eigenvalue weighted by Gasteiger charge is 2.13. The molecule has 0 saturated carbocycles. The highest BCUT2D eigenvalue weighted by molar-refractivity contribution is 6.39. The van der Waals surface area contributed by atoms with Gasteiger partial charge in [-0.2, -0.15) is 5.10 Å². The standard InChI is InChI=1S/C20H21N3O6/c1-3-28-17-11-13(5-10-16(17)24)12-21-23-19(26)18(25)22-15-8-6-14(7-9-15)20(27)29-4-2/h5-12,24H,3-4H2,1-2H3,(H,22,25)(H,23,26)/b21-12-. The highest BCUT2D eigenvalue weighted by Crippen LogP contribution is 2.26. The lowest BCUT2D eigenvalue weighted by molar-refractivity contribution is -0.136. The predicted octanol–water partition coefficient (Wildman–Crippen LogP) is 2.06. The lowest BCUT2D eigenvalue weighted by Crippen LogP contribution is -2.32. The van der Waals surface area contributed by atoms with Gasteiger partial charge in [-0.1, -0.05) is 0 Å². The first kappa shape index (κ1) is 21.4. The van der Waals surface area contributed by atoms with Crippen LogP contribution in [0.4, 0.5) is 5.69 Å². The molecule has 0 unspecified atom stereocenters. The number of amides is 2. The first-order valence-corrected chi connectivity index (χ1v) is 8.82. The van der Waals surface area contributed by atoms with E-state index in [1.165, 1.54) is 36.5 Å². The van der Waals surface area contributed by atoms with Crippen LogP contribution in [0.2, 0.25) is 0 Å². The van der Waals surface area contributed by atoms with E-state index in [2.05, 4.69) is 15.8 Å². The molecule has 0 fully saturated rings. The van der Waals surface area contributed by atoms with Crippen molar-refractivity contribution in [2.24, 2.45) is 5.10 Å². The Morgan fingerprint density at radius 1 is 1.03 bits per heavy atom. The summed E-state index contributed by atoms with van der Waals surface area (Å²) in [5, 5.41) is 15.8. The number of benzene rings is 2. The molecule has 3 N–H and O–H groups in total. The number of nitrogens with one attached hydrogen (secondary N) is 2. The summed E-state index contributed by atoms with van der Waals surface area (Å²) in [6, 6.07) is 10.5. The second kappa shape index (κ2) is 10.5. The fourth-order valence-electron chi connectivity index (χ4n) is 2.19. The highest BCUT2D eigenvalue weighted by atomic mass is 16.5. The van der Waals surface area contributed by atoms with Gasteiger partial charge in [-0.15, -0.1) is 0 Å². The van der Waals surface area contributed by atoms with Crippen LogP contribution in [0.25, 0.3) is 0 Å².